The number of hydrogen-bond donors (Lipinski definition) is 2. The van der Waals surface area contributed by atoms with Crippen molar-refractivity contribution in [3.05, 3.63) is 29.6 Å². The van der Waals surface area contributed by atoms with E-state index in [1.54, 1.807) is 6.07 Å². The maximum absolute atomic E-state index is 13.3. The highest BCUT2D eigenvalue weighted by atomic mass is 32.2. The zero-order valence-electron chi connectivity index (χ0n) is 7.87. The van der Waals surface area contributed by atoms with Crippen LogP contribution in [0.25, 0.3) is 0 Å². The van der Waals surface area contributed by atoms with Gasteiger partial charge < -0.3 is 10.8 Å². The van der Waals surface area contributed by atoms with E-state index in [9.17, 15) is 4.39 Å². The monoisotopic (exact) mass is 215 g/mol. The van der Waals surface area contributed by atoms with Crippen molar-refractivity contribution in [2.24, 2.45) is 5.73 Å². The topological polar surface area (TPSA) is 46.2 Å². The lowest BCUT2D eigenvalue weighted by molar-refractivity contribution is 0.296. The zero-order valence-corrected chi connectivity index (χ0v) is 8.69. The number of aliphatic hydroxyl groups excluding tert-OH is 1. The molecule has 0 heterocycles. The maximum atomic E-state index is 13.3. The summed E-state index contributed by atoms with van der Waals surface area (Å²) in [5.41, 5.74) is 6.18. The number of nitrogens with two attached hydrogens (primary N) is 1. The Kier molecular flexibility index (Phi) is 4.93. The van der Waals surface area contributed by atoms with Gasteiger partial charge in [0.25, 0.3) is 0 Å². The molecule has 0 aliphatic heterocycles. The van der Waals surface area contributed by atoms with Crippen LogP contribution in [0, 0.1) is 5.82 Å². The van der Waals surface area contributed by atoms with E-state index in [0.29, 0.717) is 17.9 Å². The van der Waals surface area contributed by atoms with Gasteiger partial charge in [0.2, 0.25) is 0 Å². The van der Waals surface area contributed by atoms with Gasteiger partial charge in [-0.25, -0.2) is 4.39 Å². The highest BCUT2D eigenvalue weighted by molar-refractivity contribution is 7.99. The second-order valence-corrected chi connectivity index (χ2v) is 4.03. The molecule has 4 heteroatoms. The molecule has 1 aromatic carbocycles. The number of rotatable bonds is 5. The van der Waals surface area contributed by atoms with Gasteiger partial charge in [0.1, 0.15) is 5.82 Å². The molecule has 2 nitrogen and oxygen atoms in total. The largest absolute Gasteiger partial charge is 0.396 e. The summed E-state index contributed by atoms with van der Waals surface area (Å²) in [6.45, 7) is 0.508. The summed E-state index contributed by atoms with van der Waals surface area (Å²) in [6, 6.07) is 5.02. The molecule has 1 rings (SSSR count). The van der Waals surface area contributed by atoms with E-state index < -0.39 is 0 Å². The van der Waals surface area contributed by atoms with Crippen LogP contribution in [0.4, 0.5) is 4.39 Å². The van der Waals surface area contributed by atoms with Crippen molar-refractivity contribution in [1.29, 1.82) is 0 Å². The predicted molar refractivity (Wildman–Crippen MR) is 56.7 cm³/mol. The molecule has 0 atom stereocenters. The van der Waals surface area contributed by atoms with Crippen LogP contribution in [0.3, 0.4) is 0 Å². The molecular weight excluding hydrogens is 201 g/mol. The number of benzene rings is 1. The Morgan fingerprint density at radius 1 is 1.43 bits per heavy atom. The molecule has 78 valence electrons. The number of thioether (sulfide) groups is 1. The summed E-state index contributed by atoms with van der Waals surface area (Å²) < 4.78 is 13.3. The lowest BCUT2D eigenvalue weighted by Gasteiger charge is -2.03. The van der Waals surface area contributed by atoms with Crippen LogP contribution in [-0.2, 0) is 6.54 Å². The molecule has 0 radical (unpaired) electrons. The summed E-state index contributed by atoms with van der Waals surface area (Å²) >= 11 is 1.41. The first-order valence-corrected chi connectivity index (χ1v) is 5.48. The third-order valence-electron chi connectivity index (χ3n) is 1.79. The molecule has 0 saturated heterocycles. The average Bonchev–Trinajstić information content (AvgIpc) is 2.20. The van der Waals surface area contributed by atoms with E-state index >= 15 is 0 Å². The van der Waals surface area contributed by atoms with E-state index in [2.05, 4.69) is 0 Å². The summed E-state index contributed by atoms with van der Waals surface area (Å²) in [5.74, 6) is 0.506. The lowest BCUT2D eigenvalue weighted by Crippen LogP contribution is -1.97. The van der Waals surface area contributed by atoms with E-state index in [0.717, 1.165) is 11.3 Å². The SMILES string of the molecule is NCc1ccc(SCCCO)c(F)c1. The minimum atomic E-state index is -0.226. The highest BCUT2D eigenvalue weighted by Gasteiger charge is 2.02. The average molecular weight is 215 g/mol. The molecule has 0 spiro atoms. The Bertz CT molecular complexity index is 293. The molecule has 1 aromatic rings. The predicted octanol–water partition coefficient (Wildman–Crippen LogP) is 1.76. The highest BCUT2D eigenvalue weighted by Crippen LogP contribution is 2.22. The normalized spacial score (nSPS) is 10.5. The van der Waals surface area contributed by atoms with Gasteiger partial charge in [0.05, 0.1) is 0 Å². The van der Waals surface area contributed by atoms with Crippen molar-refractivity contribution in [3.63, 3.8) is 0 Å². The lowest BCUT2D eigenvalue weighted by atomic mass is 10.2. The van der Waals surface area contributed by atoms with Crippen LogP contribution in [0.15, 0.2) is 23.1 Å². The quantitative estimate of drug-likeness (QED) is 0.581. The van der Waals surface area contributed by atoms with Crippen molar-refractivity contribution >= 4 is 11.8 Å². The van der Waals surface area contributed by atoms with Gasteiger partial charge in [-0.1, -0.05) is 6.07 Å². The zero-order chi connectivity index (χ0) is 10.4. The molecule has 3 N–H and O–H groups in total. The summed E-state index contributed by atoms with van der Waals surface area (Å²) in [5, 5.41) is 8.57. The number of hydrogen-bond acceptors (Lipinski definition) is 3. The fourth-order valence-corrected chi connectivity index (χ4v) is 1.89. The van der Waals surface area contributed by atoms with Gasteiger partial charge in [-0.15, -0.1) is 11.8 Å². The van der Waals surface area contributed by atoms with Crippen molar-refractivity contribution in [2.45, 2.75) is 17.9 Å². The van der Waals surface area contributed by atoms with Gasteiger partial charge in [-0.05, 0) is 24.1 Å². The van der Waals surface area contributed by atoms with E-state index in [1.807, 2.05) is 6.07 Å². The van der Waals surface area contributed by atoms with Gasteiger partial charge in [-0.3, -0.25) is 0 Å². The first-order chi connectivity index (χ1) is 6.77. The minimum Gasteiger partial charge on any atom is -0.396 e. The second kappa shape index (κ2) is 6.01. The molecule has 0 aliphatic rings. The van der Waals surface area contributed by atoms with Crippen LogP contribution in [0.2, 0.25) is 0 Å². The molecular formula is C10H14FNOS. The van der Waals surface area contributed by atoms with E-state index in [1.165, 1.54) is 17.8 Å². The molecule has 14 heavy (non-hydrogen) atoms. The summed E-state index contributed by atoms with van der Waals surface area (Å²) in [7, 11) is 0. The minimum absolute atomic E-state index is 0.148. The fraction of sp³-hybridized carbons (Fsp3) is 0.400. The molecule has 0 unspecified atom stereocenters. The van der Waals surface area contributed by atoms with Crippen LogP contribution >= 0.6 is 11.8 Å². The Balaban J connectivity index is 2.59. The van der Waals surface area contributed by atoms with Crippen molar-refractivity contribution < 1.29 is 9.50 Å². The van der Waals surface area contributed by atoms with Crippen molar-refractivity contribution in [3.8, 4) is 0 Å². The van der Waals surface area contributed by atoms with Gasteiger partial charge in [0, 0.05) is 23.8 Å². The number of halogens is 1. The van der Waals surface area contributed by atoms with Gasteiger partial charge in [-0.2, -0.15) is 0 Å². The molecule has 0 aromatic heterocycles. The molecule has 0 fully saturated rings. The van der Waals surface area contributed by atoms with E-state index in [-0.39, 0.29) is 12.4 Å². The van der Waals surface area contributed by atoms with Gasteiger partial charge >= 0.3 is 0 Å². The smallest absolute Gasteiger partial charge is 0.137 e. The van der Waals surface area contributed by atoms with Gasteiger partial charge in [0.15, 0.2) is 0 Å². The second-order valence-electron chi connectivity index (χ2n) is 2.89. The first-order valence-electron chi connectivity index (χ1n) is 4.50. The summed E-state index contributed by atoms with van der Waals surface area (Å²) in [4.78, 5) is 0.621. The fourth-order valence-electron chi connectivity index (χ4n) is 1.04. The molecule has 0 saturated carbocycles. The molecule has 0 bridgehead atoms. The van der Waals surface area contributed by atoms with Crippen LogP contribution in [0.1, 0.15) is 12.0 Å². The first kappa shape index (κ1) is 11.5. The molecule has 0 aliphatic carbocycles. The van der Waals surface area contributed by atoms with Crippen molar-refractivity contribution in [2.75, 3.05) is 12.4 Å². The Morgan fingerprint density at radius 2 is 2.21 bits per heavy atom. The summed E-state index contributed by atoms with van der Waals surface area (Å²) in [6.07, 6.45) is 0.683. The third-order valence-corrected chi connectivity index (χ3v) is 2.93. The standard InChI is InChI=1S/C10H14FNOS/c11-9-6-8(7-12)2-3-10(9)14-5-1-4-13/h2-3,6,13H,1,4-5,7,12H2. The Morgan fingerprint density at radius 3 is 2.79 bits per heavy atom. The van der Waals surface area contributed by atoms with Crippen LogP contribution < -0.4 is 5.73 Å². The number of aliphatic hydroxyl groups is 1. The Labute approximate surface area is 87.3 Å². The maximum Gasteiger partial charge on any atom is 0.137 e. The Hall–Kier alpha value is -0.580. The van der Waals surface area contributed by atoms with E-state index in [4.69, 9.17) is 10.8 Å². The van der Waals surface area contributed by atoms with Crippen LogP contribution in [0.5, 0.6) is 0 Å². The van der Waals surface area contributed by atoms with Crippen molar-refractivity contribution in [1.82, 2.24) is 0 Å². The third kappa shape index (κ3) is 3.29. The van der Waals surface area contributed by atoms with Crippen LogP contribution in [-0.4, -0.2) is 17.5 Å². The molecule has 0 amide bonds.